The third kappa shape index (κ3) is 2.06. The maximum Gasteiger partial charge on any atom is 0.214 e. The number of nitrogens with zero attached hydrogens (tertiary/aromatic N) is 2. The standard InChI is InChI=1S/C15H14N2.W/c1-3-11-9-13-14(17(2)10-11)7-6-12-5-4-8-16-15(12)13;/h4-10H,1,3H2,2H3;. The molecule has 0 unspecified atom stereocenters. The summed E-state index contributed by atoms with van der Waals surface area (Å²) >= 11 is 0. The van der Waals surface area contributed by atoms with Crippen LogP contribution in [0, 0.1) is 6.92 Å². The van der Waals surface area contributed by atoms with Crippen molar-refractivity contribution in [3.63, 3.8) is 0 Å². The van der Waals surface area contributed by atoms with Crippen molar-refractivity contribution in [1.82, 2.24) is 4.98 Å². The van der Waals surface area contributed by atoms with Crippen molar-refractivity contribution in [2.45, 2.75) is 6.42 Å². The van der Waals surface area contributed by atoms with Gasteiger partial charge in [-0.1, -0.05) is 6.07 Å². The van der Waals surface area contributed by atoms with Gasteiger partial charge in [0, 0.05) is 38.7 Å². The largest absolute Gasteiger partial charge is 0.339 e. The van der Waals surface area contributed by atoms with Gasteiger partial charge in [0.2, 0.25) is 5.52 Å². The van der Waals surface area contributed by atoms with Gasteiger partial charge in [0.1, 0.15) is 7.05 Å². The zero-order valence-corrected chi connectivity index (χ0v) is 13.2. The molecular formula is C15H14N2W. The van der Waals surface area contributed by atoms with Gasteiger partial charge >= 0.3 is 0 Å². The van der Waals surface area contributed by atoms with Crippen molar-refractivity contribution < 1.29 is 25.6 Å². The fraction of sp³-hybridized carbons (Fsp3) is 0.133. The van der Waals surface area contributed by atoms with Crippen molar-refractivity contribution >= 4 is 21.8 Å². The number of pyridine rings is 2. The molecule has 0 aliphatic heterocycles. The Hall–Kier alpha value is -1.27. The van der Waals surface area contributed by atoms with Gasteiger partial charge in [-0.15, -0.1) is 0 Å². The quantitative estimate of drug-likeness (QED) is 0.345. The maximum absolute atomic E-state index is 4.49. The van der Waals surface area contributed by atoms with Crippen LogP contribution >= 0.6 is 0 Å². The van der Waals surface area contributed by atoms with E-state index in [1.807, 2.05) is 12.3 Å². The van der Waals surface area contributed by atoms with Gasteiger partial charge in [0.25, 0.3) is 0 Å². The summed E-state index contributed by atoms with van der Waals surface area (Å²) in [6.07, 6.45) is 4.77. The van der Waals surface area contributed by atoms with E-state index in [0.717, 1.165) is 11.9 Å². The molecule has 0 fully saturated rings. The first-order valence-corrected chi connectivity index (χ1v) is 5.75. The molecule has 0 aliphatic rings. The number of fused-ring (bicyclic) bond motifs is 3. The van der Waals surface area contributed by atoms with Gasteiger partial charge in [-0.25, -0.2) is 4.57 Å². The van der Waals surface area contributed by atoms with Crippen LogP contribution in [-0.4, -0.2) is 4.98 Å². The zero-order valence-electron chi connectivity index (χ0n) is 10.3. The van der Waals surface area contributed by atoms with Crippen molar-refractivity contribution in [2.24, 2.45) is 7.05 Å². The van der Waals surface area contributed by atoms with Crippen molar-refractivity contribution in [2.75, 3.05) is 0 Å². The maximum atomic E-state index is 4.49. The first-order chi connectivity index (χ1) is 8.29. The summed E-state index contributed by atoms with van der Waals surface area (Å²) < 4.78 is 2.14. The number of hydrogen-bond donors (Lipinski definition) is 0. The number of aryl methyl sites for hydroxylation is 1. The summed E-state index contributed by atoms with van der Waals surface area (Å²) in [6, 6.07) is 10.5. The predicted molar refractivity (Wildman–Crippen MR) is 69.5 cm³/mol. The second-order valence-electron chi connectivity index (χ2n) is 4.28. The smallest absolute Gasteiger partial charge is 0.214 e. The first-order valence-electron chi connectivity index (χ1n) is 5.75. The molecule has 0 atom stereocenters. The minimum atomic E-state index is 0. The monoisotopic (exact) mass is 406 g/mol. The second kappa shape index (κ2) is 5.15. The summed E-state index contributed by atoms with van der Waals surface area (Å²) in [4.78, 5) is 4.49. The molecule has 0 radical (unpaired) electrons. The molecule has 3 aromatic rings. The molecule has 0 spiro atoms. The Morgan fingerprint density at radius 2 is 2.11 bits per heavy atom. The molecule has 0 bridgehead atoms. The van der Waals surface area contributed by atoms with Gasteiger partial charge in [-0.2, -0.15) is 6.42 Å². The van der Waals surface area contributed by atoms with E-state index < -0.39 is 0 Å². The SMILES string of the molecule is [CH2-]Cc1cc2c3ncccc3ccc2[n+](C)c1.[W]. The van der Waals surface area contributed by atoms with Gasteiger partial charge in [0.15, 0.2) is 6.20 Å². The topological polar surface area (TPSA) is 16.8 Å². The molecule has 2 aromatic heterocycles. The molecule has 1 aromatic carbocycles. The van der Waals surface area contributed by atoms with Gasteiger partial charge < -0.3 is 6.92 Å². The fourth-order valence-corrected chi connectivity index (χ4v) is 2.28. The fourth-order valence-electron chi connectivity index (χ4n) is 2.28. The molecule has 90 valence electrons. The Balaban J connectivity index is 0.00000120. The van der Waals surface area contributed by atoms with Crippen LogP contribution in [0.15, 0.2) is 42.7 Å². The Labute approximate surface area is 121 Å². The molecule has 0 aliphatic carbocycles. The number of benzene rings is 1. The molecule has 2 nitrogen and oxygen atoms in total. The van der Waals surface area contributed by atoms with E-state index in [1.165, 1.54) is 21.9 Å². The minimum absolute atomic E-state index is 0. The molecule has 0 N–H and O–H groups in total. The first kappa shape index (κ1) is 13.2. The molecule has 2 heterocycles. The Kier molecular flexibility index (Phi) is 3.77. The summed E-state index contributed by atoms with van der Waals surface area (Å²) in [7, 11) is 2.07. The van der Waals surface area contributed by atoms with Crippen LogP contribution in [0.3, 0.4) is 0 Å². The normalized spacial score (nSPS) is 10.6. The molecule has 3 rings (SSSR count). The molecule has 3 heteroatoms. The summed E-state index contributed by atoms with van der Waals surface area (Å²) in [5, 5.41) is 2.38. The van der Waals surface area contributed by atoms with E-state index in [-0.39, 0.29) is 21.1 Å². The summed E-state index contributed by atoms with van der Waals surface area (Å²) in [6.45, 7) is 3.95. The Morgan fingerprint density at radius 3 is 2.89 bits per heavy atom. The summed E-state index contributed by atoms with van der Waals surface area (Å²) in [5.41, 5.74) is 3.50. The summed E-state index contributed by atoms with van der Waals surface area (Å²) in [5.74, 6) is 0. The zero-order chi connectivity index (χ0) is 11.8. The van der Waals surface area contributed by atoms with Gasteiger partial charge in [-0.3, -0.25) is 4.98 Å². The average Bonchev–Trinajstić information content (AvgIpc) is 2.38. The van der Waals surface area contributed by atoms with E-state index in [2.05, 4.69) is 54.0 Å². The van der Waals surface area contributed by atoms with E-state index in [9.17, 15) is 0 Å². The second-order valence-corrected chi connectivity index (χ2v) is 4.28. The van der Waals surface area contributed by atoms with Gasteiger partial charge in [0.05, 0.1) is 10.9 Å². The van der Waals surface area contributed by atoms with Crippen molar-refractivity contribution in [1.29, 1.82) is 0 Å². The molecule has 0 saturated heterocycles. The van der Waals surface area contributed by atoms with Crippen LogP contribution < -0.4 is 4.57 Å². The van der Waals surface area contributed by atoms with E-state index in [0.29, 0.717) is 0 Å². The van der Waals surface area contributed by atoms with Crippen molar-refractivity contribution in [3.8, 4) is 0 Å². The minimum Gasteiger partial charge on any atom is -0.339 e. The average molecular weight is 406 g/mol. The van der Waals surface area contributed by atoms with E-state index in [1.54, 1.807) is 0 Å². The van der Waals surface area contributed by atoms with Crippen LogP contribution in [-0.2, 0) is 34.5 Å². The number of aromatic nitrogens is 2. The Morgan fingerprint density at radius 1 is 1.28 bits per heavy atom. The van der Waals surface area contributed by atoms with E-state index >= 15 is 0 Å². The van der Waals surface area contributed by atoms with Crippen LogP contribution in [0.25, 0.3) is 21.8 Å². The van der Waals surface area contributed by atoms with Crippen LogP contribution in [0.1, 0.15) is 5.56 Å². The molecule has 0 amide bonds. The number of hydrogen-bond acceptors (Lipinski definition) is 1. The third-order valence-electron chi connectivity index (χ3n) is 3.15. The predicted octanol–water partition coefficient (Wildman–Crippen LogP) is 2.59. The number of rotatable bonds is 1. The van der Waals surface area contributed by atoms with Crippen LogP contribution in [0.2, 0.25) is 0 Å². The molecule has 18 heavy (non-hydrogen) atoms. The van der Waals surface area contributed by atoms with E-state index in [4.69, 9.17) is 0 Å². The third-order valence-corrected chi connectivity index (χ3v) is 3.15. The van der Waals surface area contributed by atoms with Gasteiger partial charge in [-0.05, 0) is 23.8 Å². The van der Waals surface area contributed by atoms with Crippen LogP contribution in [0.5, 0.6) is 0 Å². The molecular weight excluding hydrogens is 392 g/mol. The molecule has 0 saturated carbocycles. The van der Waals surface area contributed by atoms with Crippen molar-refractivity contribution in [3.05, 3.63) is 55.2 Å². The van der Waals surface area contributed by atoms with Crippen LogP contribution in [0.4, 0.5) is 0 Å². The Bertz CT molecular complexity index is 707.